The fraction of sp³-hybridized carbons (Fsp3) is 0.154. The molecule has 1 N–H and O–H groups in total. The lowest BCUT2D eigenvalue weighted by Crippen LogP contribution is -2.14. The Labute approximate surface area is 114 Å². The van der Waals surface area contributed by atoms with Crippen LogP contribution in [0.15, 0.2) is 29.6 Å². The summed E-state index contributed by atoms with van der Waals surface area (Å²) in [7, 11) is 0. The van der Waals surface area contributed by atoms with Crippen molar-refractivity contribution in [3.8, 4) is 5.75 Å². The van der Waals surface area contributed by atoms with Gasteiger partial charge in [0.25, 0.3) is 5.91 Å². The number of esters is 1. The summed E-state index contributed by atoms with van der Waals surface area (Å²) in [5.74, 6) is -0.586. The molecule has 98 valence electrons. The minimum atomic E-state index is -0.467. The molecule has 0 unspecified atom stereocenters. The average Bonchev–Trinajstić information content (AvgIpc) is 2.74. The summed E-state index contributed by atoms with van der Waals surface area (Å²) in [5, 5.41) is 5.02. The topological polar surface area (TPSA) is 68.3 Å². The van der Waals surface area contributed by atoms with E-state index < -0.39 is 5.97 Å². The molecule has 0 spiro atoms. The quantitative estimate of drug-likeness (QED) is 0.691. The summed E-state index contributed by atoms with van der Waals surface area (Å²) in [6, 6.07) is 6.56. The van der Waals surface area contributed by atoms with Gasteiger partial charge in [0, 0.05) is 12.3 Å². The van der Waals surface area contributed by atoms with Crippen molar-refractivity contribution in [2.45, 2.75) is 13.8 Å². The van der Waals surface area contributed by atoms with Crippen LogP contribution >= 0.6 is 11.3 Å². The summed E-state index contributed by atoms with van der Waals surface area (Å²) in [6.07, 6.45) is 0. The number of hydrogen-bond donors (Lipinski definition) is 1. The van der Waals surface area contributed by atoms with Crippen LogP contribution < -0.4 is 10.1 Å². The number of anilines is 1. The molecular weight excluding hydrogens is 264 g/mol. The Hall–Kier alpha value is -2.21. The highest BCUT2D eigenvalue weighted by Gasteiger charge is 2.14. The molecule has 0 aliphatic rings. The highest BCUT2D eigenvalue weighted by Crippen LogP contribution is 2.21. The van der Waals surface area contributed by atoms with Gasteiger partial charge in [-0.05, 0) is 19.1 Å². The van der Waals surface area contributed by atoms with E-state index in [4.69, 9.17) is 4.74 Å². The second-order valence-corrected chi connectivity index (χ2v) is 4.70. The number of aryl methyl sites for hydroxylation is 1. The lowest BCUT2D eigenvalue weighted by atomic mass is 10.2. The van der Waals surface area contributed by atoms with Gasteiger partial charge in [-0.2, -0.15) is 0 Å². The maximum atomic E-state index is 12.1. The van der Waals surface area contributed by atoms with E-state index in [1.54, 1.807) is 24.3 Å². The molecule has 6 heteroatoms. The van der Waals surface area contributed by atoms with Crippen LogP contribution in [0, 0.1) is 6.92 Å². The third kappa shape index (κ3) is 3.38. The van der Waals surface area contributed by atoms with Gasteiger partial charge in [-0.1, -0.05) is 12.1 Å². The molecular formula is C13H12N2O3S. The van der Waals surface area contributed by atoms with E-state index in [1.807, 2.05) is 12.3 Å². The summed E-state index contributed by atoms with van der Waals surface area (Å²) in [6.45, 7) is 3.14. The minimum Gasteiger partial charge on any atom is -0.426 e. The molecule has 2 aromatic rings. The van der Waals surface area contributed by atoms with Crippen LogP contribution in [0.2, 0.25) is 0 Å². The van der Waals surface area contributed by atoms with E-state index in [0.29, 0.717) is 10.7 Å². The Kier molecular flexibility index (Phi) is 3.91. The number of benzene rings is 1. The number of rotatable bonds is 3. The van der Waals surface area contributed by atoms with Gasteiger partial charge in [0.15, 0.2) is 5.13 Å². The maximum absolute atomic E-state index is 12.1. The van der Waals surface area contributed by atoms with Crippen molar-refractivity contribution in [1.82, 2.24) is 4.98 Å². The summed E-state index contributed by atoms with van der Waals surface area (Å²) >= 11 is 1.34. The Morgan fingerprint density at radius 2 is 2.05 bits per heavy atom. The van der Waals surface area contributed by atoms with Crippen LogP contribution in [0.5, 0.6) is 5.75 Å². The molecule has 0 bridgehead atoms. The zero-order valence-corrected chi connectivity index (χ0v) is 11.3. The molecule has 1 heterocycles. The molecule has 0 aliphatic heterocycles. The first-order valence-electron chi connectivity index (χ1n) is 5.57. The van der Waals surface area contributed by atoms with Crippen molar-refractivity contribution in [2.24, 2.45) is 0 Å². The lowest BCUT2D eigenvalue weighted by Gasteiger charge is -2.07. The number of nitrogens with zero attached hydrogens (tertiary/aromatic N) is 1. The van der Waals surface area contributed by atoms with Gasteiger partial charge >= 0.3 is 5.97 Å². The highest BCUT2D eigenvalue weighted by molar-refractivity contribution is 7.13. The number of amides is 1. The molecule has 0 fully saturated rings. The van der Waals surface area contributed by atoms with Crippen LogP contribution in [-0.4, -0.2) is 16.9 Å². The van der Waals surface area contributed by atoms with Gasteiger partial charge in [0.1, 0.15) is 5.75 Å². The van der Waals surface area contributed by atoms with E-state index >= 15 is 0 Å². The predicted octanol–water partition coefficient (Wildman–Crippen LogP) is 2.63. The number of carbonyl (C=O) groups excluding carboxylic acids is 2. The molecule has 0 saturated carbocycles. The number of aromatic nitrogens is 1. The Balaban J connectivity index is 2.21. The second-order valence-electron chi connectivity index (χ2n) is 3.84. The van der Waals surface area contributed by atoms with Gasteiger partial charge in [-0.3, -0.25) is 14.9 Å². The van der Waals surface area contributed by atoms with Gasteiger partial charge in [0.2, 0.25) is 0 Å². The Bertz CT molecular complexity index is 622. The molecule has 1 aromatic heterocycles. The van der Waals surface area contributed by atoms with E-state index in [2.05, 4.69) is 10.3 Å². The molecule has 0 saturated heterocycles. The molecule has 19 heavy (non-hydrogen) atoms. The summed E-state index contributed by atoms with van der Waals surface area (Å²) in [4.78, 5) is 27.2. The van der Waals surface area contributed by atoms with Gasteiger partial charge in [-0.15, -0.1) is 11.3 Å². The van der Waals surface area contributed by atoms with Crippen molar-refractivity contribution < 1.29 is 14.3 Å². The standard InChI is InChI=1S/C13H12N2O3S/c1-8-7-19-13(14-8)15-12(17)10-5-3-4-6-11(10)18-9(2)16/h3-7H,1-2H3,(H,14,15,17). The van der Waals surface area contributed by atoms with Gasteiger partial charge in [-0.25, -0.2) is 4.98 Å². The average molecular weight is 276 g/mol. The third-order valence-electron chi connectivity index (χ3n) is 2.22. The molecule has 0 aliphatic carbocycles. The maximum Gasteiger partial charge on any atom is 0.308 e. The molecule has 2 rings (SSSR count). The number of thiazole rings is 1. The van der Waals surface area contributed by atoms with Gasteiger partial charge in [0.05, 0.1) is 11.3 Å². The Morgan fingerprint density at radius 3 is 2.68 bits per heavy atom. The van der Waals surface area contributed by atoms with E-state index in [-0.39, 0.29) is 11.7 Å². The fourth-order valence-corrected chi connectivity index (χ4v) is 2.16. The zero-order chi connectivity index (χ0) is 13.8. The van der Waals surface area contributed by atoms with Crippen LogP contribution in [0.3, 0.4) is 0 Å². The fourth-order valence-electron chi connectivity index (χ4n) is 1.47. The second kappa shape index (κ2) is 5.62. The molecule has 0 atom stereocenters. The number of nitrogens with one attached hydrogen (secondary N) is 1. The monoisotopic (exact) mass is 276 g/mol. The van der Waals surface area contributed by atoms with E-state index in [0.717, 1.165) is 5.69 Å². The smallest absolute Gasteiger partial charge is 0.308 e. The van der Waals surface area contributed by atoms with Gasteiger partial charge < -0.3 is 4.74 Å². The van der Waals surface area contributed by atoms with E-state index in [1.165, 1.54) is 18.3 Å². The van der Waals surface area contributed by atoms with Crippen LogP contribution in [-0.2, 0) is 4.79 Å². The number of carbonyl (C=O) groups is 2. The first kappa shape index (κ1) is 13.2. The summed E-state index contributed by atoms with van der Waals surface area (Å²) < 4.78 is 4.99. The Morgan fingerprint density at radius 1 is 1.32 bits per heavy atom. The molecule has 1 aromatic carbocycles. The van der Waals surface area contributed by atoms with Crippen molar-refractivity contribution in [2.75, 3.05) is 5.32 Å². The lowest BCUT2D eigenvalue weighted by molar-refractivity contribution is -0.131. The SMILES string of the molecule is CC(=O)Oc1ccccc1C(=O)Nc1nc(C)cs1. The van der Waals surface area contributed by atoms with Crippen LogP contribution in [0.4, 0.5) is 5.13 Å². The highest BCUT2D eigenvalue weighted by atomic mass is 32.1. The predicted molar refractivity (Wildman–Crippen MR) is 72.6 cm³/mol. The van der Waals surface area contributed by atoms with Crippen molar-refractivity contribution in [3.05, 3.63) is 40.9 Å². The summed E-state index contributed by atoms with van der Waals surface area (Å²) in [5.41, 5.74) is 1.14. The molecule has 1 amide bonds. The van der Waals surface area contributed by atoms with Crippen molar-refractivity contribution in [1.29, 1.82) is 0 Å². The van der Waals surface area contributed by atoms with E-state index in [9.17, 15) is 9.59 Å². The number of para-hydroxylation sites is 1. The normalized spacial score (nSPS) is 10.0. The van der Waals surface area contributed by atoms with Crippen molar-refractivity contribution in [3.63, 3.8) is 0 Å². The van der Waals surface area contributed by atoms with Crippen molar-refractivity contribution >= 4 is 28.3 Å². The first-order valence-corrected chi connectivity index (χ1v) is 6.45. The third-order valence-corrected chi connectivity index (χ3v) is 3.10. The number of hydrogen-bond acceptors (Lipinski definition) is 5. The molecule has 0 radical (unpaired) electrons. The van der Waals surface area contributed by atoms with Crippen LogP contribution in [0.25, 0.3) is 0 Å². The molecule has 5 nitrogen and oxygen atoms in total. The zero-order valence-electron chi connectivity index (χ0n) is 10.5. The first-order chi connectivity index (χ1) is 9.06. The van der Waals surface area contributed by atoms with Crippen LogP contribution in [0.1, 0.15) is 23.0 Å². The number of ether oxygens (including phenoxy) is 1. The minimum absolute atomic E-state index is 0.237. The largest absolute Gasteiger partial charge is 0.426 e.